The van der Waals surface area contributed by atoms with E-state index in [1.807, 2.05) is 7.05 Å². The first kappa shape index (κ1) is 12.2. The molecule has 0 aliphatic heterocycles. The van der Waals surface area contributed by atoms with Gasteiger partial charge in [0.05, 0.1) is 12.1 Å². The Balaban J connectivity index is 3.07. The second-order valence-corrected chi connectivity index (χ2v) is 4.00. The molecule has 0 spiro atoms. The fraction of sp³-hybridized carbons (Fsp3) is 0.538. The van der Waals surface area contributed by atoms with Gasteiger partial charge >= 0.3 is 0 Å². The van der Waals surface area contributed by atoms with Gasteiger partial charge < -0.3 is 10.1 Å². The molecule has 1 N–H and O–H groups in total. The average molecular weight is 207 g/mol. The highest BCUT2D eigenvalue weighted by Crippen LogP contribution is 2.23. The van der Waals surface area contributed by atoms with Crippen LogP contribution in [0.4, 0.5) is 0 Å². The predicted octanol–water partition coefficient (Wildman–Crippen LogP) is 2.60. The highest BCUT2D eigenvalue weighted by Gasteiger charge is 2.18. The normalized spacial score (nSPS) is 15.0. The highest BCUT2D eigenvalue weighted by atomic mass is 16.5. The largest absolute Gasteiger partial charge is 0.380 e. The Morgan fingerprint density at radius 3 is 2.47 bits per heavy atom. The van der Waals surface area contributed by atoms with Crippen LogP contribution in [0.15, 0.2) is 18.2 Å². The average Bonchev–Trinajstić information content (AvgIpc) is 2.24. The van der Waals surface area contributed by atoms with Gasteiger partial charge in [-0.3, -0.25) is 0 Å². The highest BCUT2D eigenvalue weighted by molar-refractivity contribution is 5.35. The molecule has 0 aliphatic carbocycles. The van der Waals surface area contributed by atoms with Crippen LogP contribution in [0.3, 0.4) is 0 Å². The van der Waals surface area contributed by atoms with Crippen molar-refractivity contribution in [2.75, 3.05) is 14.2 Å². The van der Waals surface area contributed by atoms with Gasteiger partial charge in [-0.2, -0.15) is 0 Å². The number of ether oxygens (including phenoxy) is 1. The van der Waals surface area contributed by atoms with E-state index in [4.69, 9.17) is 4.74 Å². The molecular formula is C13H21NO. The third-order valence-electron chi connectivity index (χ3n) is 3.13. The maximum absolute atomic E-state index is 5.39. The van der Waals surface area contributed by atoms with E-state index in [9.17, 15) is 0 Å². The summed E-state index contributed by atoms with van der Waals surface area (Å²) < 4.78 is 5.39. The Hall–Kier alpha value is -0.860. The van der Waals surface area contributed by atoms with Crippen molar-refractivity contribution in [3.8, 4) is 0 Å². The quantitative estimate of drug-likeness (QED) is 0.819. The zero-order chi connectivity index (χ0) is 11.4. The molecule has 2 heteroatoms. The summed E-state index contributed by atoms with van der Waals surface area (Å²) in [5, 5.41) is 3.31. The lowest BCUT2D eigenvalue weighted by molar-refractivity contribution is 0.0855. The van der Waals surface area contributed by atoms with E-state index in [0.29, 0.717) is 0 Å². The van der Waals surface area contributed by atoms with Crippen LogP contribution in [0.2, 0.25) is 0 Å². The molecule has 0 fully saturated rings. The second-order valence-electron chi connectivity index (χ2n) is 4.00. The molecule has 0 heterocycles. The standard InChI is InChI=1S/C13H21NO/c1-9-7-6-8-12(10(9)2)13(14-4)11(3)15-5/h6-8,11,13-14H,1-5H3. The van der Waals surface area contributed by atoms with E-state index < -0.39 is 0 Å². The van der Waals surface area contributed by atoms with Crippen LogP contribution in [-0.2, 0) is 4.74 Å². The number of rotatable bonds is 4. The number of hydrogen-bond donors (Lipinski definition) is 1. The summed E-state index contributed by atoms with van der Waals surface area (Å²) in [5.74, 6) is 0. The van der Waals surface area contributed by atoms with Crippen LogP contribution in [0.1, 0.15) is 29.7 Å². The van der Waals surface area contributed by atoms with Gasteiger partial charge in [0.15, 0.2) is 0 Å². The topological polar surface area (TPSA) is 21.3 Å². The Kier molecular flexibility index (Phi) is 4.30. The third-order valence-corrected chi connectivity index (χ3v) is 3.13. The lowest BCUT2D eigenvalue weighted by Crippen LogP contribution is -2.29. The van der Waals surface area contributed by atoms with Gasteiger partial charge in [-0.25, -0.2) is 0 Å². The van der Waals surface area contributed by atoms with Gasteiger partial charge in [0.2, 0.25) is 0 Å². The molecule has 0 bridgehead atoms. The summed E-state index contributed by atoms with van der Waals surface area (Å²) in [6.07, 6.45) is 0.176. The van der Waals surface area contributed by atoms with Crippen LogP contribution in [0.25, 0.3) is 0 Å². The smallest absolute Gasteiger partial charge is 0.0737 e. The summed E-state index contributed by atoms with van der Waals surface area (Å²) in [6.45, 7) is 6.39. The van der Waals surface area contributed by atoms with Gasteiger partial charge in [0, 0.05) is 7.11 Å². The van der Waals surface area contributed by atoms with Crippen LogP contribution in [-0.4, -0.2) is 20.3 Å². The lowest BCUT2D eigenvalue weighted by Gasteiger charge is -2.25. The van der Waals surface area contributed by atoms with Crippen LogP contribution in [0, 0.1) is 13.8 Å². The molecule has 1 rings (SSSR count). The SMILES string of the molecule is CNC(c1cccc(C)c1C)C(C)OC. The van der Waals surface area contributed by atoms with Crippen molar-refractivity contribution in [1.29, 1.82) is 0 Å². The summed E-state index contributed by atoms with van der Waals surface area (Å²) in [7, 11) is 3.72. The van der Waals surface area contributed by atoms with Crippen molar-refractivity contribution in [2.24, 2.45) is 0 Å². The summed E-state index contributed by atoms with van der Waals surface area (Å²) in [6, 6.07) is 6.67. The first-order valence-electron chi connectivity index (χ1n) is 5.38. The summed E-state index contributed by atoms with van der Waals surface area (Å²) >= 11 is 0. The molecule has 84 valence electrons. The zero-order valence-corrected chi connectivity index (χ0v) is 10.3. The molecule has 0 aliphatic rings. The monoisotopic (exact) mass is 207 g/mol. The fourth-order valence-corrected chi connectivity index (χ4v) is 1.89. The maximum atomic E-state index is 5.39. The number of nitrogens with one attached hydrogen (secondary N) is 1. The number of benzene rings is 1. The lowest BCUT2D eigenvalue weighted by atomic mass is 9.95. The molecular weight excluding hydrogens is 186 g/mol. The molecule has 15 heavy (non-hydrogen) atoms. The predicted molar refractivity (Wildman–Crippen MR) is 64.2 cm³/mol. The van der Waals surface area contributed by atoms with Crippen LogP contribution in [0.5, 0.6) is 0 Å². The van der Waals surface area contributed by atoms with E-state index in [-0.39, 0.29) is 12.1 Å². The van der Waals surface area contributed by atoms with Gasteiger partial charge in [-0.15, -0.1) is 0 Å². The molecule has 0 radical (unpaired) electrons. The maximum Gasteiger partial charge on any atom is 0.0737 e. The zero-order valence-electron chi connectivity index (χ0n) is 10.3. The van der Waals surface area contributed by atoms with Gasteiger partial charge in [-0.05, 0) is 44.5 Å². The van der Waals surface area contributed by atoms with E-state index in [2.05, 4.69) is 44.3 Å². The van der Waals surface area contributed by atoms with Crippen LogP contribution < -0.4 is 5.32 Å². The first-order valence-corrected chi connectivity index (χ1v) is 5.38. The molecule has 2 nitrogen and oxygen atoms in total. The molecule has 0 saturated heterocycles. The van der Waals surface area contributed by atoms with Crippen molar-refractivity contribution in [3.63, 3.8) is 0 Å². The van der Waals surface area contributed by atoms with Gasteiger partial charge in [0.1, 0.15) is 0 Å². The fourth-order valence-electron chi connectivity index (χ4n) is 1.89. The summed E-state index contributed by atoms with van der Waals surface area (Å²) in [4.78, 5) is 0. The minimum Gasteiger partial charge on any atom is -0.380 e. The number of likely N-dealkylation sites (N-methyl/N-ethyl adjacent to an activating group) is 1. The van der Waals surface area contributed by atoms with E-state index in [1.165, 1.54) is 16.7 Å². The van der Waals surface area contributed by atoms with Crippen molar-refractivity contribution in [1.82, 2.24) is 5.32 Å². The third kappa shape index (κ3) is 2.58. The molecule has 0 aromatic heterocycles. The molecule has 2 unspecified atom stereocenters. The van der Waals surface area contributed by atoms with Crippen molar-refractivity contribution >= 4 is 0 Å². The minimum atomic E-state index is 0.176. The summed E-state index contributed by atoms with van der Waals surface area (Å²) in [5.41, 5.74) is 4.00. The van der Waals surface area contributed by atoms with Gasteiger partial charge in [-0.1, -0.05) is 18.2 Å². The Bertz CT molecular complexity index is 322. The van der Waals surface area contributed by atoms with Crippen molar-refractivity contribution in [3.05, 3.63) is 34.9 Å². The number of hydrogen-bond acceptors (Lipinski definition) is 2. The minimum absolute atomic E-state index is 0.176. The van der Waals surface area contributed by atoms with E-state index in [1.54, 1.807) is 7.11 Å². The number of aryl methyl sites for hydroxylation is 1. The molecule has 0 amide bonds. The molecule has 1 aromatic rings. The number of methoxy groups -OCH3 is 1. The molecule has 2 atom stereocenters. The van der Waals surface area contributed by atoms with Gasteiger partial charge in [0.25, 0.3) is 0 Å². The van der Waals surface area contributed by atoms with Crippen LogP contribution >= 0.6 is 0 Å². The second kappa shape index (κ2) is 5.29. The Morgan fingerprint density at radius 1 is 1.27 bits per heavy atom. The molecule has 1 aromatic carbocycles. The Labute approximate surface area is 92.6 Å². The molecule has 0 saturated carbocycles. The van der Waals surface area contributed by atoms with Crippen molar-refractivity contribution in [2.45, 2.75) is 32.9 Å². The first-order chi connectivity index (χ1) is 7.11. The van der Waals surface area contributed by atoms with E-state index in [0.717, 1.165) is 0 Å². The van der Waals surface area contributed by atoms with Crippen molar-refractivity contribution < 1.29 is 4.74 Å². The Morgan fingerprint density at radius 2 is 1.93 bits per heavy atom. The van der Waals surface area contributed by atoms with E-state index >= 15 is 0 Å².